The molecule has 2 fully saturated rings. The van der Waals surface area contributed by atoms with Gasteiger partial charge < -0.3 is 15.1 Å². The number of amides is 1. The normalized spacial score (nSPS) is 23.3. The lowest BCUT2D eigenvalue weighted by molar-refractivity contribution is -0.127. The molecule has 0 saturated carbocycles. The third kappa shape index (κ3) is 5.07. The number of hydrogen-bond acceptors (Lipinski definition) is 3. The number of hydrogen-bond donors (Lipinski definition) is 1. The molecule has 1 amide bonds. The standard InChI is InChI=1S/C16H30N4OS/c1-3-14-13-20(11-12-22-14)16(17-4-2)18-8-6-10-19-9-5-7-15(19)21/h14H,3-13H2,1-2H3,(H,17,18). The van der Waals surface area contributed by atoms with E-state index >= 15 is 0 Å². The SMILES string of the molecule is CCNC(=NCCCN1CCCC1=O)N1CCSC(CC)C1. The Bertz CT molecular complexity index is 388. The molecule has 126 valence electrons. The van der Waals surface area contributed by atoms with Crippen LogP contribution in [-0.4, -0.2) is 71.9 Å². The van der Waals surface area contributed by atoms with Crippen LogP contribution >= 0.6 is 11.8 Å². The van der Waals surface area contributed by atoms with E-state index in [9.17, 15) is 4.79 Å². The van der Waals surface area contributed by atoms with E-state index in [2.05, 4.69) is 35.8 Å². The first-order chi connectivity index (χ1) is 10.7. The number of carbonyl (C=O) groups is 1. The first-order valence-electron chi connectivity index (χ1n) is 8.67. The number of rotatable bonds is 6. The van der Waals surface area contributed by atoms with Crippen LogP contribution < -0.4 is 5.32 Å². The molecule has 0 aromatic heterocycles. The first-order valence-corrected chi connectivity index (χ1v) is 9.72. The summed E-state index contributed by atoms with van der Waals surface area (Å²) in [5.74, 6) is 2.55. The van der Waals surface area contributed by atoms with Gasteiger partial charge in [0, 0.05) is 56.7 Å². The third-order valence-corrected chi connectivity index (χ3v) is 5.62. The maximum Gasteiger partial charge on any atom is 0.222 e. The zero-order valence-corrected chi connectivity index (χ0v) is 14.8. The lowest BCUT2D eigenvalue weighted by atomic mass is 10.3. The van der Waals surface area contributed by atoms with E-state index in [0.717, 1.165) is 69.7 Å². The number of aliphatic imine (C=N–C) groups is 1. The lowest BCUT2D eigenvalue weighted by Crippen LogP contribution is -2.48. The average molecular weight is 327 g/mol. The van der Waals surface area contributed by atoms with Crippen molar-refractivity contribution in [3.63, 3.8) is 0 Å². The van der Waals surface area contributed by atoms with E-state index in [1.165, 1.54) is 12.2 Å². The monoisotopic (exact) mass is 326 g/mol. The summed E-state index contributed by atoms with van der Waals surface area (Å²) >= 11 is 2.08. The molecule has 0 radical (unpaired) electrons. The molecule has 2 aliphatic heterocycles. The topological polar surface area (TPSA) is 47.9 Å². The Morgan fingerprint density at radius 2 is 2.27 bits per heavy atom. The average Bonchev–Trinajstić information content (AvgIpc) is 2.95. The predicted molar refractivity (Wildman–Crippen MR) is 94.5 cm³/mol. The second kappa shape index (κ2) is 9.28. The van der Waals surface area contributed by atoms with Crippen LogP contribution in [0, 0.1) is 0 Å². The summed E-state index contributed by atoms with van der Waals surface area (Å²) in [4.78, 5) is 20.7. The van der Waals surface area contributed by atoms with Crippen LogP contribution in [0.5, 0.6) is 0 Å². The van der Waals surface area contributed by atoms with Crippen LogP contribution in [0.15, 0.2) is 4.99 Å². The van der Waals surface area contributed by atoms with Crippen molar-refractivity contribution in [1.29, 1.82) is 0 Å². The molecule has 0 aliphatic carbocycles. The van der Waals surface area contributed by atoms with E-state index in [0.29, 0.717) is 5.91 Å². The number of likely N-dealkylation sites (tertiary alicyclic amines) is 1. The number of guanidine groups is 1. The first kappa shape index (κ1) is 17.4. The maximum absolute atomic E-state index is 11.6. The molecule has 2 aliphatic rings. The molecule has 5 nitrogen and oxygen atoms in total. The highest BCUT2D eigenvalue weighted by atomic mass is 32.2. The summed E-state index contributed by atoms with van der Waals surface area (Å²) in [6.45, 7) is 10.1. The quantitative estimate of drug-likeness (QED) is 0.459. The van der Waals surface area contributed by atoms with Crippen LogP contribution in [0.25, 0.3) is 0 Å². The minimum Gasteiger partial charge on any atom is -0.357 e. The smallest absolute Gasteiger partial charge is 0.222 e. The highest BCUT2D eigenvalue weighted by Crippen LogP contribution is 2.21. The Balaban J connectivity index is 1.80. The Morgan fingerprint density at radius 1 is 1.41 bits per heavy atom. The van der Waals surface area contributed by atoms with Crippen LogP contribution in [-0.2, 0) is 4.79 Å². The molecular formula is C16H30N4OS. The molecule has 1 atom stereocenters. The van der Waals surface area contributed by atoms with Crippen molar-refractivity contribution in [2.45, 2.75) is 44.8 Å². The molecule has 0 bridgehead atoms. The van der Waals surface area contributed by atoms with Gasteiger partial charge in [-0.25, -0.2) is 0 Å². The minimum absolute atomic E-state index is 0.315. The van der Waals surface area contributed by atoms with E-state index < -0.39 is 0 Å². The van der Waals surface area contributed by atoms with E-state index in [-0.39, 0.29) is 0 Å². The molecule has 2 saturated heterocycles. The lowest BCUT2D eigenvalue weighted by Gasteiger charge is -2.34. The molecule has 0 aromatic carbocycles. The van der Waals surface area contributed by atoms with Crippen molar-refractivity contribution >= 4 is 23.6 Å². The zero-order valence-electron chi connectivity index (χ0n) is 14.0. The van der Waals surface area contributed by atoms with Crippen molar-refractivity contribution in [1.82, 2.24) is 15.1 Å². The van der Waals surface area contributed by atoms with Gasteiger partial charge in [0.1, 0.15) is 0 Å². The Morgan fingerprint density at radius 3 is 2.95 bits per heavy atom. The molecule has 22 heavy (non-hydrogen) atoms. The van der Waals surface area contributed by atoms with Gasteiger partial charge in [0.2, 0.25) is 5.91 Å². The van der Waals surface area contributed by atoms with Crippen molar-refractivity contribution in [2.24, 2.45) is 4.99 Å². The van der Waals surface area contributed by atoms with Crippen LogP contribution in [0.3, 0.4) is 0 Å². The second-order valence-corrected chi connectivity index (χ2v) is 7.33. The number of carbonyl (C=O) groups excluding carboxylic acids is 1. The van der Waals surface area contributed by atoms with E-state index in [1.54, 1.807) is 0 Å². The van der Waals surface area contributed by atoms with Crippen LogP contribution in [0.1, 0.15) is 39.5 Å². The molecular weight excluding hydrogens is 296 g/mol. The highest BCUT2D eigenvalue weighted by Gasteiger charge is 2.22. The second-order valence-electron chi connectivity index (χ2n) is 5.92. The zero-order chi connectivity index (χ0) is 15.8. The van der Waals surface area contributed by atoms with Gasteiger partial charge in [0.15, 0.2) is 5.96 Å². The van der Waals surface area contributed by atoms with Crippen LogP contribution in [0.4, 0.5) is 0 Å². The maximum atomic E-state index is 11.6. The predicted octanol–water partition coefficient (Wildman–Crippen LogP) is 1.79. The Kier molecular flexibility index (Phi) is 7.36. The van der Waals surface area contributed by atoms with Crippen molar-refractivity contribution in [2.75, 3.05) is 45.0 Å². The number of nitrogens with zero attached hydrogens (tertiary/aromatic N) is 3. The molecule has 2 heterocycles. The van der Waals surface area contributed by atoms with Crippen molar-refractivity contribution < 1.29 is 4.79 Å². The van der Waals surface area contributed by atoms with Gasteiger partial charge in [0.05, 0.1) is 0 Å². The third-order valence-electron chi connectivity index (χ3n) is 4.25. The van der Waals surface area contributed by atoms with Crippen molar-refractivity contribution in [3.05, 3.63) is 0 Å². The highest BCUT2D eigenvalue weighted by molar-refractivity contribution is 8.00. The van der Waals surface area contributed by atoms with E-state index in [1.807, 2.05) is 4.90 Å². The van der Waals surface area contributed by atoms with Crippen molar-refractivity contribution in [3.8, 4) is 0 Å². The van der Waals surface area contributed by atoms with Gasteiger partial charge in [-0.15, -0.1) is 0 Å². The summed E-state index contributed by atoms with van der Waals surface area (Å²) in [5.41, 5.74) is 0. The summed E-state index contributed by atoms with van der Waals surface area (Å²) in [7, 11) is 0. The van der Waals surface area contributed by atoms with Gasteiger partial charge in [-0.1, -0.05) is 6.92 Å². The largest absolute Gasteiger partial charge is 0.357 e. The fourth-order valence-corrected chi connectivity index (χ4v) is 4.15. The van der Waals surface area contributed by atoms with Gasteiger partial charge in [-0.3, -0.25) is 9.79 Å². The fraction of sp³-hybridized carbons (Fsp3) is 0.875. The number of thioether (sulfide) groups is 1. The fourth-order valence-electron chi connectivity index (χ4n) is 2.97. The van der Waals surface area contributed by atoms with E-state index in [4.69, 9.17) is 4.99 Å². The molecule has 1 N–H and O–H groups in total. The van der Waals surface area contributed by atoms with Gasteiger partial charge in [-0.05, 0) is 26.2 Å². The van der Waals surface area contributed by atoms with Gasteiger partial charge in [0.25, 0.3) is 0 Å². The molecule has 2 rings (SSSR count). The minimum atomic E-state index is 0.315. The summed E-state index contributed by atoms with van der Waals surface area (Å²) in [6, 6.07) is 0. The Labute approximate surface area is 138 Å². The molecule has 0 spiro atoms. The number of nitrogens with one attached hydrogen (secondary N) is 1. The summed E-state index contributed by atoms with van der Waals surface area (Å²) in [6.07, 6.45) is 3.93. The van der Waals surface area contributed by atoms with Gasteiger partial charge in [-0.2, -0.15) is 11.8 Å². The molecule has 0 aromatic rings. The molecule has 1 unspecified atom stereocenters. The Hall–Kier alpha value is -0.910. The summed E-state index contributed by atoms with van der Waals surface area (Å²) < 4.78 is 0. The summed E-state index contributed by atoms with van der Waals surface area (Å²) in [5, 5.41) is 4.14. The van der Waals surface area contributed by atoms with Gasteiger partial charge >= 0.3 is 0 Å². The van der Waals surface area contributed by atoms with Crippen LogP contribution in [0.2, 0.25) is 0 Å². The molecule has 6 heteroatoms.